The molecule has 4 atom stereocenters. The molecule has 2 bridgehead atoms. The summed E-state index contributed by atoms with van der Waals surface area (Å²) in [6.07, 6.45) is 5.81. The summed E-state index contributed by atoms with van der Waals surface area (Å²) in [6.45, 7) is 0. The fourth-order valence-corrected chi connectivity index (χ4v) is 6.40. The van der Waals surface area contributed by atoms with Crippen molar-refractivity contribution in [1.82, 2.24) is 4.90 Å². The van der Waals surface area contributed by atoms with Gasteiger partial charge in [-0.25, -0.2) is 0 Å². The van der Waals surface area contributed by atoms with Gasteiger partial charge in [-0.2, -0.15) is 0 Å². The van der Waals surface area contributed by atoms with Crippen molar-refractivity contribution < 1.29 is 19.5 Å². The topological polar surface area (TPSA) is 86.7 Å². The average molecular weight is 417 g/mol. The Balaban J connectivity index is 1.21. The van der Waals surface area contributed by atoms with Gasteiger partial charge in [0.05, 0.1) is 17.5 Å². The highest BCUT2D eigenvalue weighted by atomic mass is 35.5. The maximum atomic E-state index is 13.0. The van der Waals surface area contributed by atoms with Crippen LogP contribution in [-0.4, -0.2) is 33.8 Å². The van der Waals surface area contributed by atoms with Gasteiger partial charge in [-0.3, -0.25) is 19.3 Å². The Kier molecular flexibility index (Phi) is 4.57. The summed E-state index contributed by atoms with van der Waals surface area (Å²) < 4.78 is 0. The lowest BCUT2D eigenvalue weighted by molar-refractivity contribution is -0.144. The summed E-state index contributed by atoms with van der Waals surface area (Å²) >= 11 is 5.83. The van der Waals surface area contributed by atoms with Gasteiger partial charge in [0.2, 0.25) is 17.7 Å². The first kappa shape index (κ1) is 18.9. The Morgan fingerprint density at radius 3 is 2.21 bits per heavy atom. The van der Waals surface area contributed by atoms with Gasteiger partial charge >= 0.3 is 0 Å². The summed E-state index contributed by atoms with van der Waals surface area (Å²) in [5.41, 5.74) is 0.342. The first-order valence-electron chi connectivity index (χ1n) is 10.6. The van der Waals surface area contributed by atoms with Crippen LogP contribution in [0.3, 0.4) is 0 Å². The second-order valence-corrected chi connectivity index (χ2v) is 9.52. The van der Waals surface area contributed by atoms with E-state index in [4.69, 9.17) is 11.6 Å². The van der Waals surface area contributed by atoms with E-state index in [0.29, 0.717) is 48.2 Å². The highest BCUT2D eigenvalue weighted by molar-refractivity contribution is 6.30. The lowest BCUT2D eigenvalue weighted by atomic mass is 9.81. The van der Waals surface area contributed by atoms with Crippen LogP contribution in [-0.2, 0) is 14.4 Å². The van der Waals surface area contributed by atoms with Gasteiger partial charge in [0.15, 0.2) is 0 Å². The van der Waals surface area contributed by atoms with Gasteiger partial charge in [0.1, 0.15) is 5.75 Å². The van der Waals surface area contributed by atoms with Crippen molar-refractivity contribution in [1.29, 1.82) is 0 Å². The second kappa shape index (κ2) is 7.01. The van der Waals surface area contributed by atoms with E-state index in [0.717, 1.165) is 19.3 Å². The molecule has 29 heavy (non-hydrogen) atoms. The van der Waals surface area contributed by atoms with Gasteiger partial charge < -0.3 is 10.4 Å². The minimum Gasteiger partial charge on any atom is -0.506 e. The number of hydrogen-bond donors (Lipinski definition) is 2. The maximum absolute atomic E-state index is 13.0. The Labute approximate surface area is 174 Å². The number of imide groups is 1. The van der Waals surface area contributed by atoms with E-state index in [2.05, 4.69) is 5.32 Å². The molecule has 1 aromatic carbocycles. The number of anilines is 1. The standard InChI is InChI=1S/C22H25ClN2O4/c23-14-5-8-16(17(26)10-14)24-20(27)11-3-6-15(7-4-11)25-21(28)18-12-1-2-13(9-12)19(18)22(25)29/h5,8,10-13,15,18-19,26H,1-4,6-7,9H2,(H,24,27)/t11?,12-,13+,15?,18-,19-/m0/s1. The predicted molar refractivity (Wildman–Crippen MR) is 107 cm³/mol. The SMILES string of the molecule is O=C(Nc1ccc(Cl)cc1O)C1CCC(N2C(=O)[C@H]3[C@@H]4CC[C@@H](C4)[C@@H]3C2=O)CC1. The van der Waals surface area contributed by atoms with Crippen LogP contribution in [0.25, 0.3) is 0 Å². The summed E-state index contributed by atoms with van der Waals surface area (Å²) in [5.74, 6) is 0.359. The number of hydrogen-bond acceptors (Lipinski definition) is 4. The van der Waals surface area contributed by atoms with E-state index < -0.39 is 0 Å². The molecule has 4 fully saturated rings. The molecule has 154 valence electrons. The normalized spacial score (nSPS) is 35.8. The van der Waals surface area contributed by atoms with Crippen molar-refractivity contribution in [3.63, 3.8) is 0 Å². The Morgan fingerprint density at radius 2 is 1.62 bits per heavy atom. The lowest BCUT2D eigenvalue weighted by Crippen LogP contribution is -2.44. The maximum Gasteiger partial charge on any atom is 0.233 e. The Hall–Kier alpha value is -2.08. The van der Waals surface area contributed by atoms with Crippen LogP contribution in [0.4, 0.5) is 5.69 Å². The van der Waals surface area contributed by atoms with E-state index >= 15 is 0 Å². The number of phenols is 1. The zero-order chi connectivity index (χ0) is 20.3. The third kappa shape index (κ3) is 3.03. The molecule has 1 aliphatic heterocycles. The second-order valence-electron chi connectivity index (χ2n) is 9.09. The van der Waals surface area contributed by atoms with Gasteiger partial charge in [0.25, 0.3) is 0 Å². The summed E-state index contributed by atoms with van der Waals surface area (Å²) in [6, 6.07) is 4.51. The summed E-state index contributed by atoms with van der Waals surface area (Å²) in [7, 11) is 0. The van der Waals surface area contributed by atoms with Gasteiger partial charge in [-0.15, -0.1) is 0 Å². The number of nitrogens with one attached hydrogen (secondary N) is 1. The number of nitrogens with zero attached hydrogens (tertiary/aromatic N) is 1. The van der Waals surface area contributed by atoms with Crippen molar-refractivity contribution in [2.45, 2.75) is 51.0 Å². The van der Waals surface area contributed by atoms with Crippen LogP contribution in [0.1, 0.15) is 44.9 Å². The number of amides is 3. The van der Waals surface area contributed by atoms with Crippen LogP contribution >= 0.6 is 11.6 Å². The number of aromatic hydroxyl groups is 1. The lowest BCUT2D eigenvalue weighted by Gasteiger charge is -2.33. The summed E-state index contributed by atoms with van der Waals surface area (Å²) in [4.78, 5) is 40.2. The van der Waals surface area contributed by atoms with E-state index in [1.165, 1.54) is 6.07 Å². The fourth-order valence-electron chi connectivity index (χ4n) is 6.23. The van der Waals surface area contributed by atoms with Crippen molar-refractivity contribution in [3.8, 4) is 5.75 Å². The first-order chi connectivity index (χ1) is 13.9. The predicted octanol–water partition coefficient (Wildman–Crippen LogP) is 3.57. The molecular formula is C22H25ClN2O4. The monoisotopic (exact) mass is 416 g/mol. The molecule has 3 amide bonds. The molecule has 0 spiro atoms. The fraction of sp³-hybridized carbons (Fsp3) is 0.591. The first-order valence-corrected chi connectivity index (χ1v) is 11.0. The quantitative estimate of drug-likeness (QED) is 0.582. The van der Waals surface area contributed by atoms with Crippen LogP contribution in [0.5, 0.6) is 5.75 Å². The van der Waals surface area contributed by atoms with Crippen LogP contribution in [0, 0.1) is 29.6 Å². The zero-order valence-corrected chi connectivity index (χ0v) is 16.9. The molecular weight excluding hydrogens is 392 g/mol. The molecule has 0 aromatic heterocycles. The molecule has 2 N–H and O–H groups in total. The number of likely N-dealkylation sites (tertiary alicyclic amines) is 1. The van der Waals surface area contributed by atoms with Crippen LogP contribution in [0.15, 0.2) is 18.2 Å². The minimum absolute atomic E-state index is 0.0474. The molecule has 3 aliphatic carbocycles. The number of rotatable bonds is 3. The third-order valence-corrected chi connectivity index (χ3v) is 7.85. The van der Waals surface area contributed by atoms with Crippen LogP contribution in [0.2, 0.25) is 5.02 Å². The number of carbonyl (C=O) groups is 3. The average Bonchev–Trinajstić information content (AvgIpc) is 3.38. The molecule has 0 radical (unpaired) electrons. The molecule has 1 aromatic rings. The summed E-state index contributed by atoms with van der Waals surface area (Å²) in [5, 5.41) is 13.1. The van der Waals surface area contributed by atoms with Crippen molar-refractivity contribution >= 4 is 35.0 Å². The minimum atomic E-state index is -0.190. The Bertz CT molecular complexity index is 852. The van der Waals surface area contributed by atoms with Gasteiger partial charge in [0, 0.05) is 23.0 Å². The number of phenolic OH excluding ortho intramolecular Hbond substituents is 1. The van der Waals surface area contributed by atoms with Gasteiger partial charge in [-0.05, 0) is 68.9 Å². The molecule has 5 rings (SSSR count). The van der Waals surface area contributed by atoms with Crippen molar-refractivity contribution in [3.05, 3.63) is 23.2 Å². The zero-order valence-electron chi connectivity index (χ0n) is 16.1. The number of benzene rings is 1. The Morgan fingerprint density at radius 1 is 1.00 bits per heavy atom. The highest BCUT2D eigenvalue weighted by Crippen LogP contribution is 2.56. The molecule has 7 heteroatoms. The number of halogens is 1. The highest BCUT2D eigenvalue weighted by Gasteiger charge is 2.61. The molecule has 0 unspecified atom stereocenters. The van der Waals surface area contributed by atoms with Gasteiger partial charge in [-0.1, -0.05) is 11.6 Å². The molecule has 1 heterocycles. The smallest absolute Gasteiger partial charge is 0.233 e. The molecule has 6 nitrogen and oxygen atoms in total. The van der Waals surface area contributed by atoms with Crippen molar-refractivity contribution in [2.24, 2.45) is 29.6 Å². The molecule has 3 saturated carbocycles. The number of carbonyl (C=O) groups excluding carboxylic acids is 3. The van der Waals surface area contributed by atoms with Crippen molar-refractivity contribution in [2.75, 3.05) is 5.32 Å². The van der Waals surface area contributed by atoms with E-state index in [-0.39, 0.29) is 47.3 Å². The number of fused-ring (bicyclic) bond motifs is 5. The van der Waals surface area contributed by atoms with E-state index in [1.807, 2.05) is 0 Å². The molecule has 4 aliphatic rings. The largest absolute Gasteiger partial charge is 0.506 e. The molecule has 1 saturated heterocycles. The van der Waals surface area contributed by atoms with E-state index in [9.17, 15) is 19.5 Å². The third-order valence-electron chi connectivity index (χ3n) is 7.61. The van der Waals surface area contributed by atoms with Crippen LogP contribution < -0.4 is 5.32 Å². The van der Waals surface area contributed by atoms with E-state index in [1.54, 1.807) is 17.0 Å².